The van der Waals surface area contributed by atoms with Crippen LogP contribution in [0.3, 0.4) is 0 Å². The molecule has 7 heteroatoms. The average Bonchev–Trinajstić information content (AvgIpc) is 3.35. The predicted octanol–water partition coefficient (Wildman–Crippen LogP) is 2.41. The molecule has 3 heterocycles. The Labute approximate surface area is 164 Å². The monoisotopic (exact) mass is 379 g/mol. The summed E-state index contributed by atoms with van der Waals surface area (Å²) in [7, 11) is 3.84. The van der Waals surface area contributed by atoms with E-state index in [1.54, 1.807) is 12.5 Å². The van der Waals surface area contributed by atoms with Crippen molar-refractivity contribution in [1.29, 1.82) is 0 Å². The van der Waals surface area contributed by atoms with Crippen molar-refractivity contribution < 1.29 is 9.90 Å². The van der Waals surface area contributed by atoms with E-state index in [-0.39, 0.29) is 11.8 Å². The van der Waals surface area contributed by atoms with Gasteiger partial charge in [0.05, 0.1) is 18.2 Å². The molecule has 1 saturated heterocycles. The summed E-state index contributed by atoms with van der Waals surface area (Å²) in [5.41, 5.74) is 2.74. The second-order valence-electron chi connectivity index (χ2n) is 7.44. The van der Waals surface area contributed by atoms with Gasteiger partial charge >= 0.3 is 0 Å². The summed E-state index contributed by atoms with van der Waals surface area (Å²) in [4.78, 5) is 23.1. The summed E-state index contributed by atoms with van der Waals surface area (Å²) in [6, 6.07) is 7.67. The molecule has 0 saturated carbocycles. The lowest BCUT2D eigenvalue weighted by molar-refractivity contribution is 0.0420. The third kappa shape index (κ3) is 3.45. The Hall–Kier alpha value is -2.93. The predicted molar refractivity (Wildman–Crippen MR) is 105 cm³/mol. The average molecular weight is 379 g/mol. The fraction of sp³-hybridized carbons (Fsp3) is 0.381. The van der Waals surface area contributed by atoms with E-state index in [1.807, 2.05) is 64.8 Å². The Morgan fingerprint density at radius 3 is 2.43 bits per heavy atom. The topological polar surface area (TPSA) is 76.2 Å². The highest BCUT2D eigenvalue weighted by Gasteiger charge is 2.30. The molecule has 1 aliphatic heterocycles. The smallest absolute Gasteiger partial charge is 0.253 e. The van der Waals surface area contributed by atoms with Crippen molar-refractivity contribution in [1.82, 2.24) is 24.0 Å². The molecule has 3 aromatic rings. The molecule has 28 heavy (non-hydrogen) atoms. The van der Waals surface area contributed by atoms with Gasteiger partial charge in [0.1, 0.15) is 11.9 Å². The van der Waals surface area contributed by atoms with Crippen LogP contribution < -0.4 is 0 Å². The summed E-state index contributed by atoms with van der Waals surface area (Å²) in [5, 5.41) is 10.6. The molecule has 146 valence electrons. The van der Waals surface area contributed by atoms with E-state index < -0.39 is 6.10 Å². The van der Waals surface area contributed by atoms with Crippen LogP contribution in [0.2, 0.25) is 0 Å². The molecule has 0 unspecified atom stereocenters. The minimum Gasteiger partial charge on any atom is -0.385 e. The van der Waals surface area contributed by atoms with Gasteiger partial charge in [-0.05, 0) is 36.5 Å². The summed E-state index contributed by atoms with van der Waals surface area (Å²) in [6.45, 7) is 1.29. The number of aryl methyl sites for hydroxylation is 2. The molecular weight excluding hydrogens is 354 g/mol. The van der Waals surface area contributed by atoms with Crippen molar-refractivity contribution in [3.05, 3.63) is 60.6 Å². The molecule has 7 nitrogen and oxygen atoms in total. The minimum atomic E-state index is -0.588. The van der Waals surface area contributed by atoms with Crippen LogP contribution in [0.5, 0.6) is 0 Å². The van der Waals surface area contributed by atoms with Gasteiger partial charge in [-0.15, -0.1) is 0 Å². The molecule has 0 radical (unpaired) electrons. The van der Waals surface area contributed by atoms with Gasteiger partial charge in [-0.25, -0.2) is 9.97 Å². The van der Waals surface area contributed by atoms with Gasteiger partial charge in [-0.3, -0.25) is 4.79 Å². The number of carbonyl (C=O) groups is 1. The first kappa shape index (κ1) is 18.4. The quantitative estimate of drug-likeness (QED) is 0.755. The summed E-state index contributed by atoms with van der Waals surface area (Å²) in [6.07, 6.45) is 8.07. The zero-order valence-corrected chi connectivity index (χ0v) is 16.2. The van der Waals surface area contributed by atoms with E-state index in [9.17, 15) is 9.90 Å². The molecule has 1 N–H and O–H groups in total. The second-order valence-corrected chi connectivity index (χ2v) is 7.44. The maximum Gasteiger partial charge on any atom is 0.253 e. The number of hydrogen-bond donors (Lipinski definition) is 1. The van der Waals surface area contributed by atoms with Crippen molar-refractivity contribution in [3.63, 3.8) is 0 Å². The third-order valence-corrected chi connectivity index (χ3v) is 5.64. The highest BCUT2D eigenvalue weighted by Crippen LogP contribution is 2.30. The molecule has 1 fully saturated rings. The highest BCUT2D eigenvalue weighted by atomic mass is 16.3. The van der Waals surface area contributed by atoms with Gasteiger partial charge in [-0.2, -0.15) is 0 Å². The summed E-state index contributed by atoms with van der Waals surface area (Å²) in [5.74, 6) is 0.856. The zero-order valence-electron chi connectivity index (χ0n) is 16.2. The number of benzene rings is 1. The zero-order chi connectivity index (χ0) is 19.7. The van der Waals surface area contributed by atoms with Gasteiger partial charge in [0.2, 0.25) is 0 Å². The van der Waals surface area contributed by atoms with Crippen molar-refractivity contribution in [3.8, 4) is 11.3 Å². The largest absolute Gasteiger partial charge is 0.385 e. The standard InChI is InChI=1S/C21H25N5O2/c1-24-12-9-23-20(24)19(27)16-7-10-26(11-8-16)21(28)17-5-3-15(4-6-17)18-13-22-14-25(18)2/h3-6,9,12-14,16,19,27H,7-8,10-11H2,1-2H3/t19-/m0/s1. The van der Waals surface area contributed by atoms with Gasteiger partial charge < -0.3 is 19.1 Å². The van der Waals surface area contributed by atoms with Crippen LogP contribution in [-0.2, 0) is 14.1 Å². The number of aromatic nitrogens is 4. The lowest BCUT2D eigenvalue weighted by Gasteiger charge is -2.34. The van der Waals surface area contributed by atoms with Crippen LogP contribution in [0.4, 0.5) is 0 Å². The Balaban J connectivity index is 1.39. The maximum absolute atomic E-state index is 12.9. The lowest BCUT2D eigenvalue weighted by atomic mass is 9.90. The number of carbonyl (C=O) groups excluding carboxylic acids is 1. The first-order chi connectivity index (χ1) is 13.5. The maximum atomic E-state index is 12.9. The number of aliphatic hydroxyl groups is 1. The van der Waals surface area contributed by atoms with Gasteiger partial charge in [0.15, 0.2) is 0 Å². The number of likely N-dealkylation sites (tertiary alicyclic amines) is 1. The normalized spacial score (nSPS) is 16.3. The van der Waals surface area contributed by atoms with Crippen molar-refractivity contribution in [2.45, 2.75) is 18.9 Å². The van der Waals surface area contributed by atoms with Crippen LogP contribution in [-0.4, -0.2) is 48.1 Å². The second kappa shape index (κ2) is 7.59. The van der Waals surface area contributed by atoms with Crippen LogP contribution in [0, 0.1) is 5.92 Å². The summed E-state index contributed by atoms with van der Waals surface area (Å²) < 4.78 is 3.81. The van der Waals surface area contributed by atoms with E-state index in [4.69, 9.17) is 0 Å². The van der Waals surface area contributed by atoms with E-state index >= 15 is 0 Å². The van der Waals surface area contributed by atoms with Crippen molar-refractivity contribution >= 4 is 5.91 Å². The first-order valence-corrected chi connectivity index (χ1v) is 9.56. The Kier molecular flexibility index (Phi) is 5.00. The molecule has 1 atom stereocenters. The number of rotatable bonds is 4. The van der Waals surface area contributed by atoms with Crippen LogP contribution in [0.25, 0.3) is 11.3 Å². The van der Waals surface area contributed by atoms with E-state index in [0.717, 1.165) is 24.1 Å². The molecule has 0 spiro atoms. The van der Waals surface area contributed by atoms with Crippen molar-refractivity contribution in [2.75, 3.05) is 13.1 Å². The fourth-order valence-electron chi connectivity index (χ4n) is 3.89. The van der Waals surface area contributed by atoms with E-state index in [2.05, 4.69) is 9.97 Å². The molecule has 1 amide bonds. The number of piperidine rings is 1. The SMILES string of the molecule is Cn1cncc1-c1ccc(C(=O)N2CCC([C@H](O)c3nccn3C)CC2)cc1. The Morgan fingerprint density at radius 1 is 1.14 bits per heavy atom. The molecule has 2 aromatic heterocycles. The molecule has 0 bridgehead atoms. The van der Waals surface area contributed by atoms with Crippen molar-refractivity contribution in [2.24, 2.45) is 20.0 Å². The Morgan fingerprint density at radius 2 is 1.86 bits per heavy atom. The minimum absolute atomic E-state index is 0.0430. The first-order valence-electron chi connectivity index (χ1n) is 9.56. The number of amides is 1. The highest BCUT2D eigenvalue weighted by molar-refractivity contribution is 5.94. The number of hydrogen-bond acceptors (Lipinski definition) is 4. The van der Waals surface area contributed by atoms with Gasteiger partial charge in [0.25, 0.3) is 5.91 Å². The molecule has 1 aromatic carbocycles. The molecule has 1 aliphatic rings. The van der Waals surface area contributed by atoms with Gasteiger partial charge in [0, 0.05) is 45.1 Å². The van der Waals surface area contributed by atoms with Gasteiger partial charge in [-0.1, -0.05) is 12.1 Å². The number of nitrogens with zero attached hydrogens (tertiary/aromatic N) is 5. The fourth-order valence-corrected chi connectivity index (χ4v) is 3.89. The van der Waals surface area contributed by atoms with E-state index in [0.29, 0.717) is 24.5 Å². The molecule has 0 aliphatic carbocycles. The Bertz CT molecular complexity index is 951. The van der Waals surface area contributed by atoms with E-state index in [1.165, 1.54) is 0 Å². The molecule has 4 rings (SSSR count). The third-order valence-electron chi connectivity index (χ3n) is 5.64. The van der Waals surface area contributed by atoms with Crippen LogP contribution >= 0.6 is 0 Å². The van der Waals surface area contributed by atoms with Crippen LogP contribution in [0.1, 0.15) is 35.1 Å². The number of aliphatic hydroxyl groups excluding tert-OH is 1. The number of imidazole rings is 2. The lowest BCUT2D eigenvalue weighted by Crippen LogP contribution is -2.40. The molecular formula is C21H25N5O2. The summed E-state index contributed by atoms with van der Waals surface area (Å²) >= 11 is 0. The van der Waals surface area contributed by atoms with Crippen LogP contribution in [0.15, 0.2) is 49.2 Å².